The lowest BCUT2D eigenvalue weighted by Crippen LogP contribution is -2.25. The number of imidazole rings is 1. The van der Waals surface area contributed by atoms with Gasteiger partial charge in [0.25, 0.3) is 5.91 Å². The number of rotatable bonds is 6. The van der Waals surface area contributed by atoms with Crippen molar-refractivity contribution in [2.24, 2.45) is 0 Å². The van der Waals surface area contributed by atoms with Crippen molar-refractivity contribution in [1.82, 2.24) is 14.9 Å². The third-order valence-electron chi connectivity index (χ3n) is 2.86. The van der Waals surface area contributed by atoms with Gasteiger partial charge in [-0.1, -0.05) is 0 Å². The standard InChI is InChI=1S/C14H15BrFN3O/c15-13-9-11(16)3-4-12(13)14(20)18-5-1-2-7-19-8-6-17-10-19/h3-4,6,8-10H,1-2,5,7H2,(H,18,20). The van der Waals surface area contributed by atoms with Crippen molar-refractivity contribution in [3.05, 3.63) is 52.8 Å². The molecule has 0 bridgehead atoms. The average Bonchev–Trinajstić information content (AvgIpc) is 2.91. The van der Waals surface area contributed by atoms with Crippen LogP contribution in [0, 0.1) is 5.82 Å². The topological polar surface area (TPSA) is 46.9 Å². The largest absolute Gasteiger partial charge is 0.352 e. The predicted molar refractivity (Wildman–Crippen MR) is 77.9 cm³/mol. The number of nitrogens with zero attached hydrogens (tertiary/aromatic N) is 2. The second-order valence-corrected chi connectivity index (χ2v) is 5.24. The summed E-state index contributed by atoms with van der Waals surface area (Å²) in [6, 6.07) is 4.03. The normalized spacial score (nSPS) is 10.5. The first-order chi connectivity index (χ1) is 9.66. The zero-order chi connectivity index (χ0) is 14.4. The molecule has 1 aromatic heterocycles. The Hall–Kier alpha value is -1.69. The summed E-state index contributed by atoms with van der Waals surface area (Å²) in [5, 5.41) is 2.82. The predicted octanol–water partition coefficient (Wildman–Crippen LogP) is 2.99. The molecule has 1 N–H and O–H groups in total. The molecule has 0 aliphatic rings. The number of carbonyl (C=O) groups is 1. The van der Waals surface area contributed by atoms with E-state index >= 15 is 0 Å². The Labute approximate surface area is 125 Å². The smallest absolute Gasteiger partial charge is 0.252 e. The number of aromatic nitrogens is 2. The van der Waals surface area contributed by atoms with Gasteiger partial charge in [0.05, 0.1) is 11.9 Å². The van der Waals surface area contributed by atoms with Gasteiger partial charge < -0.3 is 9.88 Å². The maximum Gasteiger partial charge on any atom is 0.252 e. The fraction of sp³-hybridized carbons (Fsp3) is 0.286. The lowest BCUT2D eigenvalue weighted by molar-refractivity contribution is 0.0952. The van der Waals surface area contributed by atoms with Gasteiger partial charge >= 0.3 is 0 Å². The Morgan fingerprint density at radius 1 is 1.40 bits per heavy atom. The van der Waals surface area contributed by atoms with Crippen LogP contribution in [0.2, 0.25) is 0 Å². The maximum absolute atomic E-state index is 12.9. The van der Waals surface area contributed by atoms with Gasteiger partial charge in [0.2, 0.25) is 0 Å². The molecule has 6 heteroatoms. The van der Waals surface area contributed by atoms with Crippen molar-refractivity contribution in [2.75, 3.05) is 6.54 Å². The van der Waals surface area contributed by atoms with Gasteiger partial charge in [-0.3, -0.25) is 4.79 Å². The third-order valence-corrected chi connectivity index (χ3v) is 3.52. The van der Waals surface area contributed by atoms with Crippen LogP contribution >= 0.6 is 15.9 Å². The summed E-state index contributed by atoms with van der Waals surface area (Å²) >= 11 is 3.19. The van der Waals surface area contributed by atoms with E-state index in [1.807, 2.05) is 10.8 Å². The van der Waals surface area contributed by atoms with E-state index in [0.29, 0.717) is 16.6 Å². The van der Waals surface area contributed by atoms with Gasteiger partial charge in [-0.2, -0.15) is 0 Å². The van der Waals surface area contributed by atoms with E-state index in [4.69, 9.17) is 0 Å². The minimum Gasteiger partial charge on any atom is -0.352 e. The van der Waals surface area contributed by atoms with Crippen LogP contribution in [0.15, 0.2) is 41.4 Å². The van der Waals surface area contributed by atoms with Crippen molar-refractivity contribution < 1.29 is 9.18 Å². The number of unbranched alkanes of at least 4 members (excludes halogenated alkanes) is 1. The fourth-order valence-electron chi connectivity index (χ4n) is 1.81. The molecule has 1 aromatic carbocycles. The summed E-state index contributed by atoms with van der Waals surface area (Å²) in [5.41, 5.74) is 0.445. The number of nitrogens with one attached hydrogen (secondary N) is 1. The second kappa shape index (κ2) is 7.19. The molecule has 1 amide bonds. The van der Waals surface area contributed by atoms with Crippen LogP contribution in [0.5, 0.6) is 0 Å². The first-order valence-electron chi connectivity index (χ1n) is 6.36. The van der Waals surface area contributed by atoms with Gasteiger partial charge in [0, 0.05) is 30.0 Å². The van der Waals surface area contributed by atoms with Crippen LogP contribution < -0.4 is 5.32 Å². The first kappa shape index (κ1) is 14.7. The van der Waals surface area contributed by atoms with Gasteiger partial charge in [0.1, 0.15) is 5.82 Å². The lowest BCUT2D eigenvalue weighted by atomic mass is 10.2. The summed E-state index contributed by atoms with van der Waals surface area (Å²) in [4.78, 5) is 15.9. The Balaban J connectivity index is 1.72. The van der Waals surface area contributed by atoms with Crippen LogP contribution in [0.25, 0.3) is 0 Å². The SMILES string of the molecule is O=C(NCCCCn1ccnc1)c1ccc(F)cc1Br. The molecule has 0 saturated carbocycles. The summed E-state index contributed by atoms with van der Waals surface area (Å²) < 4.78 is 15.4. The van der Waals surface area contributed by atoms with Gasteiger partial charge in [-0.25, -0.2) is 9.37 Å². The Kier molecular flexibility index (Phi) is 5.29. The van der Waals surface area contributed by atoms with E-state index < -0.39 is 0 Å². The summed E-state index contributed by atoms with van der Waals surface area (Å²) in [6.07, 6.45) is 7.26. The van der Waals surface area contributed by atoms with E-state index in [1.54, 1.807) is 12.5 Å². The number of hydrogen-bond acceptors (Lipinski definition) is 2. The van der Waals surface area contributed by atoms with Crippen LogP contribution in [0.3, 0.4) is 0 Å². The van der Waals surface area contributed by atoms with Crippen molar-refractivity contribution in [3.63, 3.8) is 0 Å². The fourth-order valence-corrected chi connectivity index (χ4v) is 2.34. The molecule has 2 aromatic rings. The highest BCUT2D eigenvalue weighted by Crippen LogP contribution is 2.17. The molecule has 106 valence electrons. The van der Waals surface area contributed by atoms with E-state index in [9.17, 15) is 9.18 Å². The highest BCUT2D eigenvalue weighted by molar-refractivity contribution is 9.10. The molecule has 0 aliphatic carbocycles. The number of carbonyl (C=O) groups excluding carboxylic acids is 1. The highest BCUT2D eigenvalue weighted by atomic mass is 79.9. The molecule has 20 heavy (non-hydrogen) atoms. The highest BCUT2D eigenvalue weighted by Gasteiger charge is 2.09. The molecule has 0 unspecified atom stereocenters. The minimum absolute atomic E-state index is 0.195. The van der Waals surface area contributed by atoms with Crippen LogP contribution in [-0.4, -0.2) is 22.0 Å². The quantitative estimate of drug-likeness (QED) is 0.822. The maximum atomic E-state index is 12.9. The molecule has 2 rings (SSSR count). The van der Waals surface area contributed by atoms with Crippen molar-refractivity contribution >= 4 is 21.8 Å². The summed E-state index contributed by atoms with van der Waals surface area (Å²) in [7, 11) is 0. The monoisotopic (exact) mass is 339 g/mol. The molecule has 0 radical (unpaired) electrons. The van der Waals surface area contributed by atoms with Crippen LogP contribution in [-0.2, 0) is 6.54 Å². The number of halogens is 2. The summed E-state index contributed by atoms with van der Waals surface area (Å²) in [5.74, 6) is -0.562. The number of amides is 1. The van der Waals surface area contributed by atoms with Crippen molar-refractivity contribution in [2.45, 2.75) is 19.4 Å². The molecule has 0 atom stereocenters. The number of benzene rings is 1. The van der Waals surface area contributed by atoms with Crippen LogP contribution in [0.1, 0.15) is 23.2 Å². The molecule has 4 nitrogen and oxygen atoms in total. The van der Waals surface area contributed by atoms with E-state index in [1.165, 1.54) is 18.2 Å². The number of hydrogen-bond donors (Lipinski definition) is 1. The Morgan fingerprint density at radius 3 is 2.95 bits per heavy atom. The molecular weight excluding hydrogens is 325 g/mol. The molecule has 0 fully saturated rings. The number of aryl methyl sites for hydroxylation is 1. The summed E-state index contributed by atoms with van der Waals surface area (Å²) in [6.45, 7) is 1.48. The van der Waals surface area contributed by atoms with E-state index in [2.05, 4.69) is 26.2 Å². The first-order valence-corrected chi connectivity index (χ1v) is 7.15. The Bertz CT molecular complexity index is 572. The lowest BCUT2D eigenvalue weighted by Gasteiger charge is -2.07. The van der Waals surface area contributed by atoms with E-state index in [-0.39, 0.29) is 11.7 Å². The van der Waals surface area contributed by atoms with Crippen molar-refractivity contribution in [3.8, 4) is 0 Å². The molecule has 0 aliphatic heterocycles. The molecule has 0 saturated heterocycles. The van der Waals surface area contributed by atoms with Gasteiger partial charge in [-0.15, -0.1) is 0 Å². The van der Waals surface area contributed by atoms with Crippen molar-refractivity contribution in [1.29, 1.82) is 0 Å². The third kappa shape index (κ3) is 4.16. The van der Waals surface area contributed by atoms with Crippen LogP contribution in [0.4, 0.5) is 4.39 Å². The molecule has 1 heterocycles. The van der Waals surface area contributed by atoms with Gasteiger partial charge in [0.15, 0.2) is 0 Å². The Morgan fingerprint density at radius 2 is 2.25 bits per heavy atom. The van der Waals surface area contributed by atoms with E-state index in [0.717, 1.165) is 19.4 Å². The zero-order valence-corrected chi connectivity index (χ0v) is 12.4. The zero-order valence-electron chi connectivity index (χ0n) is 10.9. The molecule has 0 spiro atoms. The molecular formula is C14H15BrFN3O. The second-order valence-electron chi connectivity index (χ2n) is 4.39. The minimum atomic E-state index is -0.367. The average molecular weight is 340 g/mol. The van der Waals surface area contributed by atoms with Gasteiger partial charge in [-0.05, 0) is 47.0 Å².